The number of ether oxygens (including phenoxy) is 1. The molecule has 0 aromatic heterocycles. The van der Waals surface area contributed by atoms with Gasteiger partial charge in [-0.05, 0) is 60.8 Å². The summed E-state index contributed by atoms with van der Waals surface area (Å²) in [6, 6.07) is 15.9. The van der Waals surface area contributed by atoms with Crippen LogP contribution in [0.1, 0.15) is 56.1 Å². The van der Waals surface area contributed by atoms with Crippen molar-refractivity contribution in [3.05, 3.63) is 59.7 Å². The molecule has 7 heteroatoms. The number of fused-ring (bicyclic) bond motifs is 3. The lowest BCUT2D eigenvalue weighted by Gasteiger charge is -2.29. The Morgan fingerprint density at radius 2 is 1.59 bits per heavy atom. The molecule has 0 saturated heterocycles. The molecule has 5 rings (SSSR count). The van der Waals surface area contributed by atoms with Crippen LogP contribution in [0.5, 0.6) is 0 Å². The Kier molecular flexibility index (Phi) is 5.80. The Labute approximate surface area is 198 Å². The van der Waals surface area contributed by atoms with Crippen LogP contribution in [-0.4, -0.2) is 41.3 Å². The Hall–Kier alpha value is -3.35. The van der Waals surface area contributed by atoms with Crippen LogP contribution < -0.4 is 10.6 Å². The van der Waals surface area contributed by atoms with Gasteiger partial charge in [-0.3, -0.25) is 4.79 Å². The minimum absolute atomic E-state index is 0.0318. The maximum Gasteiger partial charge on any atom is 0.407 e. The summed E-state index contributed by atoms with van der Waals surface area (Å²) < 4.78 is 5.64. The summed E-state index contributed by atoms with van der Waals surface area (Å²) in [5, 5.41) is 15.3. The first-order chi connectivity index (χ1) is 16.4. The van der Waals surface area contributed by atoms with Crippen LogP contribution in [-0.2, 0) is 14.3 Å². The molecule has 2 fully saturated rings. The number of aliphatic carboxylic acids is 1. The molecule has 3 N–H and O–H groups in total. The molecule has 2 aromatic carbocycles. The summed E-state index contributed by atoms with van der Waals surface area (Å²) in [5.74, 6) is -1.85. The summed E-state index contributed by atoms with van der Waals surface area (Å²) in [6.07, 6.45) is 3.12. The maximum absolute atomic E-state index is 13.0. The quantitative estimate of drug-likeness (QED) is 0.576. The number of nitrogens with one attached hydrogen (secondary N) is 2. The lowest BCUT2D eigenvalue weighted by molar-refractivity contribution is -0.148. The molecule has 3 atom stereocenters. The number of rotatable bonds is 7. The number of benzene rings is 2. The third kappa shape index (κ3) is 4.04. The predicted molar refractivity (Wildman–Crippen MR) is 126 cm³/mol. The van der Waals surface area contributed by atoms with Crippen molar-refractivity contribution in [2.24, 2.45) is 11.8 Å². The van der Waals surface area contributed by atoms with Gasteiger partial charge in [-0.15, -0.1) is 0 Å². The molecule has 0 bridgehead atoms. The molecule has 1 unspecified atom stereocenters. The first-order valence-electron chi connectivity index (χ1n) is 12.1. The smallest absolute Gasteiger partial charge is 0.407 e. The highest BCUT2D eigenvalue weighted by Gasteiger charge is 2.50. The second-order valence-corrected chi connectivity index (χ2v) is 9.88. The van der Waals surface area contributed by atoms with Gasteiger partial charge in [0.05, 0.1) is 5.92 Å². The van der Waals surface area contributed by atoms with E-state index in [4.69, 9.17) is 4.74 Å². The molecule has 3 aliphatic rings. The van der Waals surface area contributed by atoms with Crippen molar-refractivity contribution >= 4 is 18.0 Å². The van der Waals surface area contributed by atoms with Crippen molar-refractivity contribution in [1.82, 2.24) is 10.6 Å². The summed E-state index contributed by atoms with van der Waals surface area (Å²) in [5.41, 5.74) is 3.35. The first kappa shape index (κ1) is 22.4. The zero-order valence-electron chi connectivity index (χ0n) is 19.3. The normalized spacial score (nSPS) is 22.9. The van der Waals surface area contributed by atoms with Crippen LogP contribution in [0.4, 0.5) is 4.79 Å². The van der Waals surface area contributed by atoms with Gasteiger partial charge >= 0.3 is 12.1 Å². The Bertz CT molecular complexity index is 1080. The zero-order chi connectivity index (χ0) is 23.9. The number of hydrogen-bond donors (Lipinski definition) is 3. The van der Waals surface area contributed by atoms with Gasteiger partial charge in [0, 0.05) is 12.0 Å². The second kappa shape index (κ2) is 8.78. The summed E-state index contributed by atoms with van der Waals surface area (Å²) in [6.45, 7) is 1.79. The number of carbonyl (C=O) groups excluding carboxylic acids is 2. The van der Waals surface area contributed by atoms with E-state index in [0.29, 0.717) is 12.8 Å². The second-order valence-electron chi connectivity index (χ2n) is 9.88. The van der Waals surface area contributed by atoms with E-state index in [1.165, 1.54) is 0 Å². The zero-order valence-corrected chi connectivity index (χ0v) is 19.3. The molecule has 34 heavy (non-hydrogen) atoms. The van der Waals surface area contributed by atoms with Gasteiger partial charge in [0.15, 0.2) is 0 Å². The van der Waals surface area contributed by atoms with Crippen molar-refractivity contribution in [3.8, 4) is 11.1 Å². The van der Waals surface area contributed by atoms with Crippen molar-refractivity contribution < 1.29 is 24.2 Å². The molecule has 178 valence electrons. The number of carboxylic acid groups (broad SMARTS) is 1. The number of alkyl carbamates (subject to hydrolysis) is 1. The lowest BCUT2D eigenvalue weighted by Crippen LogP contribution is -2.57. The summed E-state index contributed by atoms with van der Waals surface area (Å²) in [4.78, 5) is 37.5. The van der Waals surface area contributed by atoms with E-state index in [1.807, 2.05) is 24.3 Å². The van der Waals surface area contributed by atoms with Crippen LogP contribution >= 0.6 is 0 Å². The monoisotopic (exact) mass is 462 g/mol. The van der Waals surface area contributed by atoms with E-state index in [1.54, 1.807) is 6.92 Å². The minimum atomic E-state index is -1.26. The molecule has 3 aliphatic carbocycles. The van der Waals surface area contributed by atoms with Gasteiger partial charge in [0.25, 0.3) is 0 Å². The SMILES string of the molecule is CC(NC(=O)[C@H]1CCC[C@H]1NC(=O)OCC1c2ccccc2-c2ccccc21)(C(=O)O)C1CC1. The Morgan fingerprint density at radius 1 is 0.971 bits per heavy atom. The third-order valence-corrected chi connectivity index (χ3v) is 7.72. The highest BCUT2D eigenvalue weighted by molar-refractivity contribution is 5.89. The Balaban J connectivity index is 1.21. The van der Waals surface area contributed by atoms with E-state index < -0.39 is 23.5 Å². The summed E-state index contributed by atoms with van der Waals surface area (Å²) in [7, 11) is 0. The van der Waals surface area contributed by atoms with E-state index in [9.17, 15) is 19.5 Å². The molecule has 0 aliphatic heterocycles. The highest BCUT2D eigenvalue weighted by Crippen LogP contribution is 2.44. The molecule has 2 aromatic rings. The molecule has 0 spiro atoms. The van der Waals surface area contributed by atoms with Crippen molar-refractivity contribution in [2.75, 3.05) is 6.61 Å². The fraction of sp³-hybridized carbons (Fsp3) is 0.444. The van der Waals surface area contributed by atoms with Crippen molar-refractivity contribution in [3.63, 3.8) is 0 Å². The first-order valence-corrected chi connectivity index (χ1v) is 12.1. The Morgan fingerprint density at radius 3 is 2.18 bits per heavy atom. The van der Waals surface area contributed by atoms with Crippen LogP contribution in [0.15, 0.2) is 48.5 Å². The summed E-state index contributed by atoms with van der Waals surface area (Å²) >= 11 is 0. The third-order valence-electron chi connectivity index (χ3n) is 7.72. The molecule has 0 radical (unpaired) electrons. The van der Waals surface area contributed by atoms with Crippen molar-refractivity contribution in [2.45, 2.75) is 56.5 Å². The van der Waals surface area contributed by atoms with Crippen LogP contribution in [0, 0.1) is 11.8 Å². The molecule has 0 heterocycles. The lowest BCUT2D eigenvalue weighted by atomic mass is 9.93. The van der Waals surface area contributed by atoms with Gasteiger partial charge in [-0.25, -0.2) is 9.59 Å². The molecule has 2 amide bonds. The van der Waals surface area contributed by atoms with Gasteiger partial charge in [-0.2, -0.15) is 0 Å². The maximum atomic E-state index is 13.0. The van der Waals surface area contributed by atoms with E-state index in [0.717, 1.165) is 41.5 Å². The molecule has 7 nitrogen and oxygen atoms in total. The van der Waals surface area contributed by atoms with Gasteiger partial charge < -0.3 is 20.5 Å². The molecular weight excluding hydrogens is 432 g/mol. The van der Waals surface area contributed by atoms with Crippen LogP contribution in [0.25, 0.3) is 11.1 Å². The van der Waals surface area contributed by atoms with Crippen molar-refractivity contribution in [1.29, 1.82) is 0 Å². The van der Waals surface area contributed by atoms with Gasteiger partial charge in [0.2, 0.25) is 5.91 Å². The van der Waals surface area contributed by atoms with Crippen LogP contribution in [0.2, 0.25) is 0 Å². The standard InChI is InChI=1S/C27H30N2O5/c1-27(25(31)32,16-13-14-16)29-24(30)21-11-6-12-23(21)28-26(33)34-15-22-19-9-4-2-7-17(19)18-8-3-5-10-20(18)22/h2-5,7-10,16,21-23H,6,11-15H2,1H3,(H,28,33)(H,29,30)(H,31,32)/t21-,23+,27?/m0/s1. The predicted octanol–water partition coefficient (Wildman–Crippen LogP) is 4.06. The largest absolute Gasteiger partial charge is 0.480 e. The van der Waals surface area contributed by atoms with E-state index in [-0.39, 0.29) is 30.4 Å². The number of carboxylic acids is 1. The van der Waals surface area contributed by atoms with E-state index in [2.05, 4.69) is 34.9 Å². The topological polar surface area (TPSA) is 105 Å². The van der Waals surface area contributed by atoms with Gasteiger partial charge in [0.1, 0.15) is 12.1 Å². The highest BCUT2D eigenvalue weighted by atomic mass is 16.5. The number of carbonyl (C=O) groups is 3. The van der Waals surface area contributed by atoms with Crippen LogP contribution in [0.3, 0.4) is 0 Å². The fourth-order valence-corrected chi connectivity index (χ4v) is 5.58. The van der Waals surface area contributed by atoms with Gasteiger partial charge in [-0.1, -0.05) is 55.0 Å². The number of hydrogen-bond acceptors (Lipinski definition) is 4. The minimum Gasteiger partial charge on any atom is -0.480 e. The fourth-order valence-electron chi connectivity index (χ4n) is 5.58. The average molecular weight is 463 g/mol. The molecular formula is C27H30N2O5. The van der Waals surface area contributed by atoms with E-state index >= 15 is 0 Å². The molecule has 2 saturated carbocycles. The average Bonchev–Trinajstić information content (AvgIpc) is 3.51. The number of amides is 2.